The van der Waals surface area contributed by atoms with Gasteiger partial charge >= 0.3 is 0 Å². The summed E-state index contributed by atoms with van der Waals surface area (Å²) in [5.74, 6) is -0.304. The number of non-ortho nitro benzene ring substituents is 1. The molecule has 0 aliphatic heterocycles. The summed E-state index contributed by atoms with van der Waals surface area (Å²) in [4.78, 5) is 22.1. The Morgan fingerprint density at radius 2 is 1.96 bits per heavy atom. The molecule has 0 saturated carbocycles. The summed E-state index contributed by atoms with van der Waals surface area (Å²) < 4.78 is 1.71. The van der Waals surface area contributed by atoms with E-state index in [-0.39, 0.29) is 18.0 Å². The fourth-order valence-corrected chi connectivity index (χ4v) is 2.40. The summed E-state index contributed by atoms with van der Waals surface area (Å²) in [6.07, 6.45) is 0.0844. The van der Waals surface area contributed by atoms with Crippen molar-refractivity contribution in [2.45, 2.75) is 19.9 Å². The first kappa shape index (κ1) is 17.2. The van der Waals surface area contributed by atoms with Gasteiger partial charge < -0.3 is 0 Å². The van der Waals surface area contributed by atoms with E-state index in [2.05, 4.69) is 20.8 Å². The number of para-hydroxylation sites is 1. The number of nitrogens with zero attached hydrogens (tertiary/aromatic N) is 5. The first-order valence-corrected chi connectivity index (χ1v) is 7.86. The smallest absolute Gasteiger partial charge is 0.269 e. The molecule has 9 heteroatoms. The van der Waals surface area contributed by atoms with Gasteiger partial charge in [0.15, 0.2) is 0 Å². The van der Waals surface area contributed by atoms with E-state index in [1.807, 2.05) is 24.3 Å². The number of carbonyl (C=O) groups excluding carboxylic acids is 1. The van der Waals surface area contributed by atoms with E-state index >= 15 is 0 Å². The molecule has 0 saturated heterocycles. The maximum atomic E-state index is 12.0. The average Bonchev–Trinajstić information content (AvgIpc) is 3.03. The minimum absolute atomic E-state index is 0.0110. The lowest BCUT2D eigenvalue weighted by molar-refractivity contribution is -0.384. The molecule has 0 spiro atoms. The van der Waals surface area contributed by atoms with E-state index in [1.54, 1.807) is 23.7 Å². The molecule has 3 rings (SSSR count). The van der Waals surface area contributed by atoms with Gasteiger partial charge in [0.2, 0.25) is 5.91 Å². The topological polar surface area (TPSA) is 115 Å². The standard InChI is InChI=1S/C17H16N6O3/c1-12(11-22-16-5-3-2-4-15(16)19-21-22)18-20-17(24)10-13-6-8-14(9-7-13)23(25)26/h2-9H,10-11H2,1H3,(H,20,24)/b18-12+. The number of rotatable bonds is 6. The quantitative estimate of drug-likeness (QED) is 0.414. The summed E-state index contributed by atoms with van der Waals surface area (Å²) in [7, 11) is 0. The summed E-state index contributed by atoms with van der Waals surface area (Å²) in [5.41, 5.74) is 5.49. The normalized spacial score (nSPS) is 11.5. The minimum atomic E-state index is -0.481. The molecule has 2 aromatic carbocycles. The fourth-order valence-electron chi connectivity index (χ4n) is 2.40. The monoisotopic (exact) mass is 352 g/mol. The summed E-state index contributed by atoms with van der Waals surface area (Å²) in [6, 6.07) is 13.4. The predicted octanol–water partition coefficient (Wildman–Crippen LogP) is 2.07. The Kier molecular flexibility index (Phi) is 4.97. The number of carbonyl (C=O) groups is 1. The van der Waals surface area contributed by atoms with Crippen LogP contribution >= 0.6 is 0 Å². The molecular weight excluding hydrogens is 336 g/mol. The molecule has 0 fully saturated rings. The van der Waals surface area contributed by atoms with Crippen LogP contribution in [0.1, 0.15) is 12.5 Å². The van der Waals surface area contributed by atoms with Crippen molar-refractivity contribution in [1.29, 1.82) is 0 Å². The molecule has 1 N–H and O–H groups in total. The van der Waals surface area contributed by atoms with Crippen LogP contribution in [0.25, 0.3) is 11.0 Å². The number of nitrogens with one attached hydrogen (secondary N) is 1. The van der Waals surface area contributed by atoms with Gasteiger partial charge in [0.05, 0.1) is 29.1 Å². The number of nitro benzene ring substituents is 1. The first-order valence-electron chi connectivity index (χ1n) is 7.86. The van der Waals surface area contributed by atoms with Gasteiger partial charge in [-0.3, -0.25) is 14.9 Å². The number of hydrogen-bond donors (Lipinski definition) is 1. The predicted molar refractivity (Wildman–Crippen MR) is 95.6 cm³/mol. The third-order valence-electron chi connectivity index (χ3n) is 3.68. The Morgan fingerprint density at radius 1 is 1.23 bits per heavy atom. The summed E-state index contributed by atoms with van der Waals surface area (Å²) in [6.45, 7) is 2.18. The Hall–Kier alpha value is -3.62. The molecule has 1 heterocycles. The molecule has 1 amide bonds. The largest absolute Gasteiger partial charge is 0.273 e. The molecule has 132 valence electrons. The number of hydrazone groups is 1. The number of hydrogen-bond acceptors (Lipinski definition) is 6. The molecule has 26 heavy (non-hydrogen) atoms. The number of fused-ring (bicyclic) bond motifs is 1. The van der Waals surface area contributed by atoms with Crippen LogP contribution in [-0.4, -0.2) is 31.5 Å². The summed E-state index contributed by atoms with van der Waals surface area (Å²) >= 11 is 0. The second-order valence-electron chi connectivity index (χ2n) is 5.72. The molecule has 1 aromatic heterocycles. The van der Waals surface area contributed by atoms with Crippen LogP contribution < -0.4 is 5.43 Å². The van der Waals surface area contributed by atoms with Crippen molar-refractivity contribution in [2.24, 2.45) is 5.10 Å². The van der Waals surface area contributed by atoms with E-state index in [1.165, 1.54) is 12.1 Å². The highest BCUT2D eigenvalue weighted by Crippen LogP contribution is 2.12. The second kappa shape index (κ2) is 7.51. The molecule has 9 nitrogen and oxygen atoms in total. The molecular formula is C17H16N6O3. The van der Waals surface area contributed by atoms with Crippen LogP contribution in [-0.2, 0) is 17.8 Å². The van der Waals surface area contributed by atoms with Gasteiger partial charge in [-0.2, -0.15) is 5.10 Å². The number of benzene rings is 2. The minimum Gasteiger partial charge on any atom is -0.273 e. The Morgan fingerprint density at radius 3 is 2.69 bits per heavy atom. The van der Waals surface area contributed by atoms with Gasteiger partial charge in [-0.25, -0.2) is 10.1 Å². The van der Waals surface area contributed by atoms with Crippen LogP contribution in [0.4, 0.5) is 5.69 Å². The van der Waals surface area contributed by atoms with Crippen LogP contribution in [0, 0.1) is 10.1 Å². The van der Waals surface area contributed by atoms with Crippen molar-refractivity contribution >= 4 is 28.3 Å². The first-order chi connectivity index (χ1) is 12.5. The maximum absolute atomic E-state index is 12.0. The lowest BCUT2D eigenvalue weighted by Crippen LogP contribution is -2.22. The molecule has 0 bridgehead atoms. The van der Waals surface area contributed by atoms with Crippen LogP contribution in [0.2, 0.25) is 0 Å². The molecule has 0 unspecified atom stereocenters. The van der Waals surface area contributed by atoms with Gasteiger partial charge in [-0.05, 0) is 24.6 Å². The zero-order valence-corrected chi connectivity index (χ0v) is 14.0. The Balaban J connectivity index is 1.58. The van der Waals surface area contributed by atoms with E-state index in [0.717, 1.165) is 11.0 Å². The molecule has 0 atom stereocenters. The van der Waals surface area contributed by atoms with E-state index in [9.17, 15) is 14.9 Å². The van der Waals surface area contributed by atoms with Crippen molar-refractivity contribution < 1.29 is 9.72 Å². The van der Waals surface area contributed by atoms with Gasteiger partial charge in [-0.1, -0.05) is 29.5 Å². The van der Waals surface area contributed by atoms with Crippen molar-refractivity contribution in [2.75, 3.05) is 0 Å². The van der Waals surface area contributed by atoms with E-state index in [0.29, 0.717) is 17.8 Å². The number of nitro groups is 1. The summed E-state index contributed by atoms with van der Waals surface area (Å²) in [5, 5.41) is 22.8. The second-order valence-corrected chi connectivity index (χ2v) is 5.72. The molecule has 0 aliphatic carbocycles. The average molecular weight is 352 g/mol. The third-order valence-corrected chi connectivity index (χ3v) is 3.68. The van der Waals surface area contributed by atoms with Gasteiger partial charge in [0.25, 0.3) is 5.69 Å². The van der Waals surface area contributed by atoms with Gasteiger partial charge in [0.1, 0.15) is 5.52 Å². The lowest BCUT2D eigenvalue weighted by Gasteiger charge is -2.04. The SMILES string of the molecule is C/C(Cn1nnc2ccccc21)=N\NC(=O)Cc1ccc([N+](=O)[O-])cc1. The molecule has 0 aliphatic rings. The van der Waals surface area contributed by atoms with Gasteiger partial charge in [-0.15, -0.1) is 5.10 Å². The number of amides is 1. The van der Waals surface area contributed by atoms with Crippen molar-refractivity contribution in [1.82, 2.24) is 20.4 Å². The highest BCUT2D eigenvalue weighted by atomic mass is 16.6. The van der Waals surface area contributed by atoms with E-state index in [4.69, 9.17) is 0 Å². The Bertz CT molecular complexity index is 978. The van der Waals surface area contributed by atoms with Gasteiger partial charge in [0, 0.05) is 12.1 Å². The Labute approximate surface area is 148 Å². The van der Waals surface area contributed by atoms with Crippen molar-refractivity contribution in [3.05, 3.63) is 64.2 Å². The molecule has 0 radical (unpaired) electrons. The maximum Gasteiger partial charge on any atom is 0.269 e. The zero-order chi connectivity index (χ0) is 18.5. The highest BCUT2D eigenvalue weighted by Gasteiger charge is 2.08. The number of aromatic nitrogens is 3. The van der Waals surface area contributed by atoms with Crippen LogP contribution in [0.15, 0.2) is 53.6 Å². The third kappa shape index (κ3) is 4.07. The highest BCUT2D eigenvalue weighted by molar-refractivity contribution is 5.86. The fraction of sp³-hybridized carbons (Fsp3) is 0.176. The van der Waals surface area contributed by atoms with Crippen molar-refractivity contribution in [3.63, 3.8) is 0 Å². The van der Waals surface area contributed by atoms with E-state index < -0.39 is 4.92 Å². The van der Waals surface area contributed by atoms with Crippen LogP contribution in [0.5, 0.6) is 0 Å². The lowest BCUT2D eigenvalue weighted by atomic mass is 10.1. The van der Waals surface area contributed by atoms with Crippen molar-refractivity contribution in [3.8, 4) is 0 Å². The zero-order valence-electron chi connectivity index (χ0n) is 14.0. The van der Waals surface area contributed by atoms with Crippen LogP contribution in [0.3, 0.4) is 0 Å². The molecule has 3 aromatic rings.